The van der Waals surface area contributed by atoms with Gasteiger partial charge in [0.05, 0.1) is 0 Å². The van der Waals surface area contributed by atoms with E-state index in [0.717, 1.165) is 19.3 Å². The molecule has 0 unspecified atom stereocenters. The molecule has 1 fully saturated rings. The molecule has 1 aliphatic carbocycles. The molecule has 0 aromatic carbocycles. The van der Waals surface area contributed by atoms with Crippen LogP contribution in [0.2, 0.25) is 0 Å². The number of carbonyl (C=O) groups is 1. The van der Waals surface area contributed by atoms with Crippen LogP contribution in [0.15, 0.2) is 21.6 Å². The lowest BCUT2D eigenvalue weighted by Crippen LogP contribution is -2.35. The van der Waals surface area contributed by atoms with Crippen LogP contribution in [0, 0.1) is 12.8 Å². The Labute approximate surface area is 159 Å². The first-order valence-electron chi connectivity index (χ1n) is 9.76. The van der Waals surface area contributed by atoms with E-state index in [0.29, 0.717) is 48.6 Å². The van der Waals surface area contributed by atoms with Crippen LogP contribution in [0.1, 0.15) is 73.1 Å². The standard InChI is InChI=1S/C20H28N4O3/c1-13(2)8-11-24-12-9-14(3)17(20(24)26)18(25)21-10-7-16-22-19(27-23-16)15-5-4-6-15/h9,12-13,15H,4-8,10-11H2,1-3H3,(H,21,25). The second-order valence-electron chi connectivity index (χ2n) is 7.74. The van der Waals surface area contributed by atoms with Gasteiger partial charge in [0.2, 0.25) is 5.89 Å². The highest BCUT2D eigenvalue weighted by molar-refractivity contribution is 5.95. The monoisotopic (exact) mass is 372 g/mol. The summed E-state index contributed by atoms with van der Waals surface area (Å²) in [5, 5.41) is 6.79. The molecule has 3 rings (SSSR count). The minimum atomic E-state index is -0.348. The van der Waals surface area contributed by atoms with Gasteiger partial charge in [-0.25, -0.2) is 0 Å². The third kappa shape index (κ3) is 4.64. The van der Waals surface area contributed by atoms with Gasteiger partial charge in [0.15, 0.2) is 5.82 Å². The zero-order valence-corrected chi connectivity index (χ0v) is 16.3. The van der Waals surface area contributed by atoms with E-state index < -0.39 is 0 Å². The van der Waals surface area contributed by atoms with E-state index >= 15 is 0 Å². The predicted octanol–water partition coefficient (Wildman–Crippen LogP) is 2.83. The normalized spacial score (nSPS) is 14.4. The number of hydrogen-bond donors (Lipinski definition) is 1. The molecule has 1 N–H and O–H groups in total. The molecule has 0 aliphatic heterocycles. The number of nitrogens with one attached hydrogen (secondary N) is 1. The van der Waals surface area contributed by atoms with Gasteiger partial charge in [-0.2, -0.15) is 4.98 Å². The Bertz CT molecular complexity index is 849. The van der Waals surface area contributed by atoms with E-state index in [1.807, 2.05) is 6.07 Å². The van der Waals surface area contributed by atoms with E-state index in [9.17, 15) is 9.59 Å². The van der Waals surface area contributed by atoms with Gasteiger partial charge < -0.3 is 14.4 Å². The van der Waals surface area contributed by atoms with Crippen LogP contribution in [0.25, 0.3) is 0 Å². The Morgan fingerprint density at radius 1 is 1.41 bits per heavy atom. The highest BCUT2D eigenvalue weighted by Gasteiger charge is 2.25. The minimum absolute atomic E-state index is 0.213. The van der Waals surface area contributed by atoms with Crippen molar-refractivity contribution in [2.75, 3.05) is 6.54 Å². The van der Waals surface area contributed by atoms with Gasteiger partial charge in [0.1, 0.15) is 5.56 Å². The molecule has 0 saturated heterocycles. The van der Waals surface area contributed by atoms with Crippen LogP contribution in [0.5, 0.6) is 0 Å². The molecule has 1 amide bonds. The van der Waals surface area contributed by atoms with Crippen molar-refractivity contribution in [3.05, 3.63) is 45.5 Å². The Kier molecular flexibility index (Phi) is 6.08. The third-order valence-electron chi connectivity index (χ3n) is 5.12. The van der Waals surface area contributed by atoms with E-state index in [4.69, 9.17) is 4.52 Å². The summed E-state index contributed by atoms with van der Waals surface area (Å²) < 4.78 is 6.90. The summed E-state index contributed by atoms with van der Waals surface area (Å²) in [6.45, 7) is 6.99. The first-order chi connectivity index (χ1) is 13.0. The van der Waals surface area contributed by atoms with Crippen molar-refractivity contribution < 1.29 is 9.32 Å². The van der Waals surface area contributed by atoms with Gasteiger partial charge in [-0.3, -0.25) is 9.59 Å². The molecule has 0 spiro atoms. The molecule has 7 nitrogen and oxygen atoms in total. The first kappa shape index (κ1) is 19.3. The van der Waals surface area contributed by atoms with Gasteiger partial charge in [-0.05, 0) is 43.7 Å². The number of amides is 1. The number of rotatable bonds is 8. The van der Waals surface area contributed by atoms with Crippen molar-refractivity contribution in [1.82, 2.24) is 20.0 Å². The third-order valence-corrected chi connectivity index (χ3v) is 5.12. The highest BCUT2D eigenvalue weighted by atomic mass is 16.5. The number of aromatic nitrogens is 3. The van der Waals surface area contributed by atoms with E-state index in [-0.39, 0.29) is 17.0 Å². The zero-order chi connectivity index (χ0) is 19.4. The minimum Gasteiger partial charge on any atom is -0.351 e. The fourth-order valence-electron chi connectivity index (χ4n) is 3.08. The largest absolute Gasteiger partial charge is 0.351 e. The number of aryl methyl sites for hydroxylation is 2. The van der Waals surface area contributed by atoms with Crippen LogP contribution in [0.3, 0.4) is 0 Å². The molecular formula is C20H28N4O3. The van der Waals surface area contributed by atoms with Crippen LogP contribution in [0.4, 0.5) is 0 Å². The van der Waals surface area contributed by atoms with Gasteiger partial charge in [-0.15, -0.1) is 0 Å². The van der Waals surface area contributed by atoms with Crippen LogP contribution in [-0.2, 0) is 13.0 Å². The lowest BCUT2D eigenvalue weighted by Gasteiger charge is -2.20. The number of nitrogens with zero attached hydrogens (tertiary/aromatic N) is 3. The quantitative estimate of drug-likeness (QED) is 0.769. The summed E-state index contributed by atoms with van der Waals surface area (Å²) in [6, 6.07) is 1.82. The van der Waals surface area contributed by atoms with Crippen molar-refractivity contribution >= 4 is 5.91 Å². The second-order valence-corrected chi connectivity index (χ2v) is 7.74. The maximum Gasteiger partial charge on any atom is 0.263 e. The number of pyridine rings is 1. The lowest BCUT2D eigenvalue weighted by atomic mass is 9.85. The molecule has 0 atom stereocenters. The number of hydrogen-bond acceptors (Lipinski definition) is 5. The van der Waals surface area contributed by atoms with Crippen molar-refractivity contribution in [3.63, 3.8) is 0 Å². The molecule has 2 aromatic rings. The van der Waals surface area contributed by atoms with Gasteiger partial charge in [-0.1, -0.05) is 25.4 Å². The Balaban J connectivity index is 1.59. The Morgan fingerprint density at radius 2 is 2.19 bits per heavy atom. The van der Waals surface area contributed by atoms with Crippen LogP contribution < -0.4 is 10.9 Å². The molecule has 27 heavy (non-hydrogen) atoms. The molecule has 7 heteroatoms. The number of carbonyl (C=O) groups excluding carboxylic acids is 1. The lowest BCUT2D eigenvalue weighted by molar-refractivity contribution is 0.0951. The van der Waals surface area contributed by atoms with Crippen molar-refractivity contribution in [1.29, 1.82) is 0 Å². The van der Waals surface area contributed by atoms with E-state index in [2.05, 4.69) is 29.3 Å². The van der Waals surface area contributed by atoms with Gasteiger partial charge >= 0.3 is 0 Å². The second kappa shape index (κ2) is 8.50. The SMILES string of the molecule is Cc1ccn(CCC(C)C)c(=O)c1C(=O)NCCc1noc(C2CCC2)n1. The highest BCUT2D eigenvalue weighted by Crippen LogP contribution is 2.35. The summed E-state index contributed by atoms with van der Waals surface area (Å²) in [4.78, 5) is 29.6. The predicted molar refractivity (Wildman–Crippen MR) is 102 cm³/mol. The molecular weight excluding hydrogens is 344 g/mol. The molecule has 0 bridgehead atoms. The van der Waals surface area contributed by atoms with E-state index in [1.165, 1.54) is 6.42 Å². The van der Waals surface area contributed by atoms with Crippen molar-refractivity contribution in [2.24, 2.45) is 5.92 Å². The van der Waals surface area contributed by atoms with Crippen LogP contribution in [-0.4, -0.2) is 27.2 Å². The van der Waals surface area contributed by atoms with Gasteiger partial charge in [0.25, 0.3) is 11.5 Å². The summed E-state index contributed by atoms with van der Waals surface area (Å²) in [5.41, 5.74) is 0.662. The first-order valence-corrected chi connectivity index (χ1v) is 9.76. The fourth-order valence-corrected chi connectivity index (χ4v) is 3.08. The average Bonchev–Trinajstić information content (AvgIpc) is 3.00. The summed E-state index contributed by atoms with van der Waals surface area (Å²) >= 11 is 0. The smallest absolute Gasteiger partial charge is 0.263 e. The molecule has 1 aliphatic rings. The molecule has 2 aromatic heterocycles. The van der Waals surface area contributed by atoms with Crippen LogP contribution >= 0.6 is 0 Å². The maximum atomic E-state index is 12.7. The fraction of sp³-hybridized carbons (Fsp3) is 0.600. The average molecular weight is 372 g/mol. The molecule has 2 heterocycles. The topological polar surface area (TPSA) is 90.0 Å². The molecule has 146 valence electrons. The van der Waals surface area contributed by atoms with Crippen molar-refractivity contribution in [3.8, 4) is 0 Å². The summed E-state index contributed by atoms with van der Waals surface area (Å²) in [6.07, 6.45) is 6.56. The van der Waals surface area contributed by atoms with Gasteiger partial charge in [0, 0.05) is 31.6 Å². The van der Waals surface area contributed by atoms with E-state index in [1.54, 1.807) is 17.7 Å². The maximum absolute atomic E-state index is 12.7. The van der Waals surface area contributed by atoms with Crippen molar-refractivity contribution in [2.45, 2.75) is 65.3 Å². The molecule has 1 saturated carbocycles. The zero-order valence-electron chi connectivity index (χ0n) is 16.3. The summed E-state index contributed by atoms with van der Waals surface area (Å²) in [5.74, 6) is 1.84. The Hall–Kier alpha value is -2.44. The summed E-state index contributed by atoms with van der Waals surface area (Å²) in [7, 11) is 0. The Morgan fingerprint density at radius 3 is 2.85 bits per heavy atom. The molecule has 0 radical (unpaired) electrons.